The van der Waals surface area contributed by atoms with Crippen molar-refractivity contribution < 1.29 is 19.1 Å². The average Bonchev–Trinajstić information content (AvgIpc) is 3.35. The van der Waals surface area contributed by atoms with Crippen LogP contribution in [-0.2, 0) is 19.1 Å². The van der Waals surface area contributed by atoms with Crippen molar-refractivity contribution in [3.05, 3.63) is 0 Å². The second-order valence-electron chi connectivity index (χ2n) is 11.4. The van der Waals surface area contributed by atoms with Gasteiger partial charge in [0, 0.05) is 23.7 Å². The molecule has 2 saturated heterocycles. The zero-order valence-electron chi connectivity index (χ0n) is 15.5. The highest BCUT2D eigenvalue weighted by Crippen LogP contribution is 2.90. The number of hydrogen-bond acceptors (Lipinski definition) is 4. The smallest absolute Gasteiger partial charge is 0.313 e. The number of fused-ring (bicyclic) bond motifs is 4. The summed E-state index contributed by atoms with van der Waals surface area (Å²) in [5.74, 6) is 3.52. The Bertz CT molecular complexity index is 768. The fourth-order valence-electron chi connectivity index (χ4n) is 11.7. The molecular formula is C22H26O4. The van der Waals surface area contributed by atoms with Crippen molar-refractivity contribution in [3.8, 4) is 0 Å². The quantitative estimate of drug-likeness (QED) is 0.628. The van der Waals surface area contributed by atoms with Crippen LogP contribution in [0.25, 0.3) is 0 Å². The summed E-state index contributed by atoms with van der Waals surface area (Å²) in [5, 5.41) is 0. The van der Waals surface area contributed by atoms with Crippen molar-refractivity contribution >= 4 is 11.9 Å². The van der Waals surface area contributed by atoms with Gasteiger partial charge in [0.2, 0.25) is 0 Å². The maximum absolute atomic E-state index is 13.4. The van der Waals surface area contributed by atoms with E-state index in [0.29, 0.717) is 47.3 Å². The maximum atomic E-state index is 13.4. The van der Waals surface area contributed by atoms with Gasteiger partial charge in [-0.25, -0.2) is 0 Å². The third kappa shape index (κ3) is 0.897. The number of hydrogen-bond donors (Lipinski definition) is 0. The molecule has 8 rings (SSSR count). The summed E-state index contributed by atoms with van der Waals surface area (Å²) in [5.41, 5.74) is -1.15. The lowest BCUT2D eigenvalue weighted by Gasteiger charge is -2.38. The summed E-state index contributed by atoms with van der Waals surface area (Å²) in [4.78, 5) is 26.8. The van der Waals surface area contributed by atoms with Crippen LogP contribution in [0, 0.1) is 58.2 Å². The zero-order chi connectivity index (χ0) is 17.4. The molecule has 0 amide bonds. The first-order chi connectivity index (χ1) is 12.4. The van der Waals surface area contributed by atoms with E-state index in [1.807, 2.05) is 0 Å². The molecule has 0 aromatic heterocycles. The third-order valence-electron chi connectivity index (χ3n) is 11.5. The maximum Gasteiger partial charge on any atom is 0.313 e. The molecule has 8 aliphatic rings. The van der Waals surface area contributed by atoms with Crippen LogP contribution in [0.1, 0.15) is 52.4 Å². The Morgan fingerprint density at radius 1 is 0.769 bits per heavy atom. The van der Waals surface area contributed by atoms with Gasteiger partial charge in [-0.15, -0.1) is 0 Å². The highest BCUT2D eigenvalue weighted by molar-refractivity contribution is 5.86. The van der Waals surface area contributed by atoms with Gasteiger partial charge < -0.3 is 9.47 Å². The molecule has 6 aliphatic carbocycles. The largest absolute Gasteiger partial charge is 0.458 e. The first kappa shape index (κ1) is 14.0. The molecule has 0 aromatic rings. The molecule has 138 valence electrons. The van der Waals surface area contributed by atoms with Crippen LogP contribution in [0.15, 0.2) is 0 Å². The van der Waals surface area contributed by atoms with E-state index in [1.54, 1.807) is 0 Å². The molecule has 12 atom stereocenters. The van der Waals surface area contributed by atoms with Gasteiger partial charge in [0.05, 0.1) is 10.8 Å². The second kappa shape index (κ2) is 3.39. The summed E-state index contributed by atoms with van der Waals surface area (Å²) in [7, 11) is 0. The van der Waals surface area contributed by atoms with Crippen molar-refractivity contribution in [2.45, 2.75) is 63.6 Å². The van der Waals surface area contributed by atoms with Crippen molar-refractivity contribution in [1.82, 2.24) is 0 Å². The first-order valence-electron chi connectivity index (χ1n) is 10.9. The lowest BCUT2D eigenvalue weighted by atomic mass is 9.63. The van der Waals surface area contributed by atoms with Crippen molar-refractivity contribution in [2.24, 2.45) is 58.2 Å². The minimum atomic E-state index is -0.327. The molecule has 8 fully saturated rings. The molecule has 4 nitrogen and oxygen atoms in total. The Labute approximate surface area is 153 Å². The van der Waals surface area contributed by atoms with Crippen LogP contribution < -0.4 is 0 Å². The van der Waals surface area contributed by atoms with Crippen LogP contribution in [0.2, 0.25) is 0 Å². The molecule has 6 saturated carbocycles. The fourth-order valence-corrected chi connectivity index (χ4v) is 11.7. The molecular weight excluding hydrogens is 328 g/mol. The van der Waals surface area contributed by atoms with Crippen LogP contribution in [0.4, 0.5) is 0 Å². The lowest BCUT2D eigenvalue weighted by Crippen LogP contribution is -2.45. The topological polar surface area (TPSA) is 52.6 Å². The van der Waals surface area contributed by atoms with Crippen LogP contribution in [0.5, 0.6) is 0 Å². The Morgan fingerprint density at radius 2 is 1.19 bits per heavy atom. The summed E-state index contributed by atoms with van der Waals surface area (Å²) in [6, 6.07) is 0. The SMILES string of the molecule is C[C@]12C(=O)O[C@]34CCC[C@@H]3[C@@H]3[C@H]([C@@H]5[C@@H]1[C@@H]1CCC[C@]16OC(=O)[C@]3(C)[C@@H]56)[C@H]42. The minimum Gasteiger partial charge on any atom is -0.458 e. The molecule has 4 heteroatoms. The molecule has 2 spiro atoms. The van der Waals surface area contributed by atoms with E-state index in [0.717, 1.165) is 38.5 Å². The number of rotatable bonds is 0. The molecule has 2 heterocycles. The zero-order valence-corrected chi connectivity index (χ0v) is 15.5. The molecule has 0 bridgehead atoms. The molecule has 0 aromatic carbocycles. The first-order valence-corrected chi connectivity index (χ1v) is 10.9. The third-order valence-corrected chi connectivity index (χ3v) is 11.5. The van der Waals surface area contributed by atoms with Crippen LogP contribution in [-0.4, -0.2) is 23.1 Å². The van der Waals surface area contributed by atoms with Crippen molar-refractivity contribution in [2.75, 3.05) is 0 Å². The summed E-state index contributed by atoms with van der Waals surface area (Å²) >= 11 is 0. The fraction of sp³-hybridized carbons (Fsp3) is 0.909. The minimum absolute atomic E-state index is 0.0994. The summed E-state index contributed by atoms with van der Waals surface area (Å²) in [6.07, 6.45) is 6.61. The van der Waals surface area contributed by atoms with E-state index < -0.39 is 0 Å². The predicted octanol–water partition coefficient (Wildman–Crippen LogP) is 2.94. The van der Waals surface area contributed by atoms with Gasteiger partial charge in [0.25, 0.3) is 0 Å². The van der Waals surface area contributed by atoms with E-state index in [9.17, 15) is 9.59 Å². The van der Waals surface area contributed by atoms with E-state index in [4.69, 9.17) is 9.47 Å². The van der Waals surface area contributed by atoms with Gasteiger partial charge in [-0.3, -0.25) is 9.59 Å². The standard InChI is InChI=1S/C22H26O4/c1-19-13-9-5-3-8-22(9)16-11(13)12-14(20(16,2)18(24)26-22)10-6-4-7-21(10,15(12)19)25-17(19)23/h9-16H,3-8H2,1-2H3/t9-,10+,11+,12-,13-,14+,15-,16+,19-,20-,21+,22-/m0/s1. The van der Waals surface area contributed by atoms with Gasteiger partial charge in [-0.2, -0.15) is 0 Å². The van der Waals surface area contributed by atoms with E-state index in [2.05, 4.69) is 13.8 Å². The number of esters is 2. The molecule has 0 unspecified atom stereocenters. The summed E-state index contributed by atoms with van der Waals surface area (Å²) < 4.78 is 12.8. The van der Waals surface area contributed by atoms with Gasteiger partial charge in [-0.05, 0) is 76.0 Å². The highest BCUT2D eigenvalue weighted by atomic mass is 16.6. The Balaban J connectivity index is 1.49. The van der Waals surface area contributed by atoms with E-state index in [1.165, 1.54) is 0 Å². The van der Waals surface area contributed by atoms with Gasteiger partial charge in [0.15, 0.2) is 0 Å². The Morgan fingerprint density at radius 3 is 1.62 bits per heavy atom. The molecule has 2 aliphatic heterocycles. The number of carbonyl (C=O) groups excluding carboxylic acids is 2. The van der Waals surface area contributed by atoms with Crippen molar-refractivity contribution in [3.63, 3.8) is 0 Å². The average molecular weight is 354 g/mol. The Hall–Kier alpha value is -1.06. The summed E-state index contributed by atoms with van der Waals surface area (Å²) in [6.45, 7) is 4.50. The monoisotopic (exact) mass is 354 g/mol. The Kier molecular flexibility index (Phi) is 1.83. The normalized spacial score (nSPS) is 72.7. The van der Waals surface area contributed by atoms with Gasteiger partial charge >= 0.3 is 11.9 Å². The molecule has 0 radical (unpaired) electrons. The van der Waals surface area contributed by atoms with Gasteiger partial charge in [-0.1, -0.05) is 0 Å². The van der Waals surface area contributed by atoms with E-state index in [-0.39, 0.29) is 34.0 Å². The number of carbonyl (C=O) groups is 2. The van der Waals surface area contributed by atoms with Crippen LogP contribution >= 0.6 is 0 Å². The van der Waals surface area contributed by atoms with Crippen LogP contribution in [0.3, 0.4) is 0 Å². The second-order valence-corrected chi connectivity index (χ2v) is 11.4. The van der Waals surface area contributed by atoms with Crippen molar-refractivity contribution in [1.29, 1.82) is 0 Å². The predicted molar refractivity (Wildman–Crippen MR) is 89.5 cm³/mol. The molecule has 26 heavy (non-hydrogen) atoms. The van der Waals surface area contributed by atoms with Gasteiger partial charge in [0.1, 0.15) is 11.2 Å². The number of ether oxygens (including phenoxy) is 2. The highest BCUT2D eigenvalue weighted by Gasteiger charge is 2.95. The lowest BCUT2D eigenvalue weighted by molar-refractivity contribution is -0.165. The van der Waals surface area contributed by atoms with E-state index >= 15 is 0 Å². The molecule has 0 N–H and O–H groups in total.